The molecule has 0 amide bonds. The molecule has 10 heteroatoms. The fourth-order valence-electron chi connectivity index (χ4n) is 1.12. The highest BCUT2D eigenvalue weighted by atomic mass is 15.5. The maximum absolute atomic E-state index is 5.22. The first-order valence-electron chi connectivity index (χ1n) is 5.13. The van der Waals surface area contributed by atoms with Crippen LogP contribution in [-0.4, -0.2) is 32.4 Å². The highest BCUT2D eigenvalue weighted by Crippen LogP contribution is 2.06. The maximum Gasteiger partial charge on any atom is 0.307 e. The first-order valence-corrected chi connectivity index (χ1v) is 5.13. The largest absolute Gasteiger partial charge is 0.369 e. The molecule has 2 aromatic rings. The van der Waals surface area contributed by atoms with E-state index in [9.17, 15) is 0 Å². The molecule has 1 aromatic heterocycles. The van der Waals surface area contributed by atoms with Crippen molar-refractivity contribution in [2.45, 2.75) is 0 Å². The van der Waals surface area contributed by atoms with Crippen LogP contribution in [0.15, 0.2) is 50.8 Å². The lowest BCUT2D eigenvalue weighted by molar-refractivity contribution is 0.881. The van der Waals surface area contributed by atoms with Gasteiger partial charge in [-0.25, -0.2) is 0 Å². The minimum atomic E-state index is -0.178. The van der Waals surface area contributed by atoms with E-state index in [0.29, 0.717) is 5.56 Å². The van der Waals surface area contributed by atoms with Gasteiger partial charge in [0, 0.05) is 5.56 Å². The van der Waals surface area contributed by atoms with Gasteiger partial charge in [-0.1, -0.05) is 35.4 Å². The number of H-pyrrole nitrogens is 1. The lowest BCUT2D eigenvalue weighted by Crippen LogP contribution is -2.22. The minimum absolute atomic E-state index is 0.0772. The van der Waals surface area contributed by atoms with E-state index >= 15 is 0 Å². The summed E-state index contributed by atoms with van der Waals surface area (Å²) in [6, 6.07) is 9.08. The Morgan fingerprint density at radius 3 is 2.53 bits per heavy atom. The molecule has 19 heavy (non-hydrogen) atoms. The topological polar surface area (TPSA) is 156 Å². The monoisotopic (exact) mass is 258 g/mol. The molecule has 0 aliphatic carbocycles. The van der Waals surface area contributed by atoms with Gasteiger partial charge in [-0.15, -0.1) is 25.5 Å². The second-order valence-corrected chi connectivity index (χ2v) is 3.23. The van der Waals surface area contributed by atoms with E-state index in [1.807, 2.05) is 18.2 Å². The van der Waals surface area contributed by atoms with Crippen LogP contribution < -0.4 is 11.5 Å². The molecule has 0 unspecified atom stereocenters. The standard InChI is InChI=1S/C9H10N10/c10-8(11)14-12-7(6-4-2-1-3-5-6)13-15-9-16-18-19-17-9/h1-5H,(H4,10,11,14)(H,16,17,18,19)/b12-7+,15-13?. The van der Waals surface area contributed by atoms with E-state index in [1.54, 1.807) is 12.1 Å². The number of rotatable bonds is 3. The van der Waals surface area contributed by atoms with Crippen LogP contribution in [0.2, 0.25) is 0 Å². The summed E-state index contributed by atoms with van der Waals surface area (Å²) in [5.74, 6) is 0.121. The van der Waals surface area contributed by atoms with Gasteiger partial charge in [0.25, 0.3) is 0 Å². The quantitative estimate of drug-likeness (QED) is 0.303. The van der Waals surface area contributed by atoms with Crippen LogP contribution in [0.3, 0.4) is 0 Å². The summed E-state index contributed by atoms with van der Waals surface area (Å²) in [6.45, 7) is 0. The molecule has 1 aromatic carbocycles. The maximum atomic E-state index is 5.22. The number of amidine groups is 1. The zero-order valence-corrected chi connectivity index (χ0v) is 9.67. The van der Waals surface area contributed by atoms with Crippen LogP contribution in [0.5, 0.6) is 0 Å². The predicted octanol–water partition coefficient (Wildman–Crippen LogP) is -0.0814. The number of nitrogens with two attached hydrogens (primary N) is 2. The molecule has 10 nitrogen and oxygen atoms in total. The van der Waals surface area contributed by atoms with Gasteiger partial charge in [-0.05, 0) is 5.21 Å². The van der Waals surface area contributed by atoms with E-state index in [4.69, 9.17) is 11.5 Å². The van der Waals surface area contributed by atoms with Crippen molar-refractivity contribution in [2.75, 3.05) is 0 Å². The first kappa shape index (κ1) is 12.3. The second kappa shape index (κ2) is 5.95. The van der Waals surface area contributed by atoms with Crippen molar-refractivity contribution in [1.29, 1.82) is 0 Å². The van der Waals surface area contributed by atoms with Crippen molar-refractivity contribution >= 4 is 17.7 Å². The Balaban J connectivity index is 2.30. The number of nitrogens with zero attached hydrogens (tertiary/aromatic N) is 7. The summed E-state index contributed by atoms with van der Waals surface area (Å²) in [7, 11) is 0. The van der Waals surface area contributed by atoms with Gasteiger partial charge >= 0.3 is 5.95 Å². The Labute approximate surface area is 107 Å². The van der Waals surface area contributed by atoms with Gasteiger partial charge in [0.1, 0.15) is 0 Å². The highest BCUT2D eigenvalue weighted by molar-refractivity contribution is 5.99. The third kappa shape index (κ3) is 3.66. The van der Waals surface area contributed by atoms with E-state index in [1.165, 1.54) is 0 Å². The van der Waals surface area contributed by atoms with E-state index in [0.717, 1.165) is 0 Å². The lowest BCUT2D eigenvalue weighted by atomic mass is 10.2. The third-order valence-corrected chi connectivity index (χ3v) is 1.86. The smallest absolute Gasteiger partial charge is 0.307 e. The van der Waals surface area contributed by atoms with Crippen molar-refractivity contribution in [3.63, 3.8) is 0 Å². The molecule has 96 valence electrons. The summed E-state index contributed by atoms with van der Waals surface area (Å²) in [5.41, 5.74) is 11.1. The number of aromatic amines is 1. The molecule has 2 rings (SSSR count). The van der Waals surface area contributed by atoms with Crippen molar-refractivity contribution in [2.24, 2.45) is 31.9 Å². The van der Waals surface area contributed by atoms with Crippen molar-refractivity contribution in [3.8, 4) is 0 Å². The average Bonchev–Trinajstić information content (AvgIpc) is 2.93. The van der Waals surface area contributed by atoms with Gasteiger partial charge in [0.15, 0.2) is 0 Å². The molecule has 0 aliphatic heterocycles. The molecule has 0 radical (unpaired) electrons. The fraction of sp³-hybridized carbons (Fsp3) is 0. The number of benzene rings is 1. The molecule has 0 bridgehead atoms. The van der Waals surface area contributed by atoms with Crippen molar-refractivity contribution in [1.82, 2.24) is 20.6 Å². The summed E-state index contributed by atoms with van der Waals surface area (Å²) >= 11 is 0. The van der Waals surface area contributed by atoms with Crippen LogP contribution in [0.1, 0.15) is 5.56 Å². The van der Waals surface area contributed by atoms with Gasteiger partial charge in [-0.3, -0.25) is 0 Å². The Hall–Kier alpha value is -3.17. The highest BCUT2D eigenvalue weighted by Gasteiger charge is 2.02. The van der Waals surface area contributed by atoms with Crippen LogP contribution in [0.4, 0.5) is 5.95 Å². The second-order valence-electron chi connectivity index (χ2n) is 3.23. The first-order chi connectivity index (χ1) is 9.25. The van der Waals surface area contributed by atoms with Crippen molar-refractivity contribution in [3.05, 3.63) is 35.9 Å². The molecule has 0 saturated carbocycles. The molecule has 0 atom stereocenters. The molecule has 0 fully saturated rings. The number of tetrazole rings is 1. The zero-order valence-electron chi connectivity index (χ0n) is 9.67. The normalized spacial score (nSPS) is 11.7. The Morgan fingerprint density at radius 2 is 1.89 bits per heavy atom. The summed E-state index contributed by atoms with van der Waals surface area (Å²) in [5, 5.41) is 27.8. The number of nitrogens with one attached hydrogen (secondary N) is 1. The molecule has 1 heterocycles. The number of hydrogen-bond donors (Lipinski definition) is 3. The number of guanidine groups is 1. The Morgan fingerprint density at radius 1 is 1.11 bits per heavy atom. The Kier molecular flexibility index (Phi) is 3.85. The van der Waals surface area contributed by atoms with Gasteiger partial charge in [0.05, 0.1) is 0 Å². The molecular formula is C9H10N10. The van der Waals surface area contributed by atoms with Crippen LogP contribution in [-0.2, 0) is 0 Å². The molecule has 0 aliphatic rings. The Bertz CT molecular complexity index is 593. The van der Waals surface area contributed by atoms with Crippen molar-refractivity contribution < 1.29 is 0 Å². The number of hydrogen-bond acceptors (Lipinski definition) is 6. The SMILES string of the molecule is NC(N)=N/N=C(/N=Nc1nn[nH]n1)c1ccccc1. The van der Waals surface area contributed by atoms with Gasteiger partial charge in [-0.2, -0.15) is 5.21 Å². The number of aromatic nitrogens is 4. The van der Waals surface area contributed by atoms with Crippen LogP contribution in [0.25, 0.3) is 0 Å². The average molecular weight is 258 g/mol. The minimum Gasteiger partial charge on any atom is -0.369 e. The molecular weight excluding hydrogens is 248 g/mol. The molecule has 0 saturated heterocycles. The summed E-state index contributed by atoms with van der Waals surface area (Å²) in [6.07, 6.45) is 0. The molecule has 5 N–H and O–H groups in total. The molecule has 0 spiro atoms. The zero-order chi connectivity index (χ0) is 13.5. The fourth-order valence-corrected chi connectivity index (χ4v) is 1.12. The summed E-state index contributed by atoms with van der Waals surface area (Å²) in [4.78, 5) is 0. The van der Waals surface area contributed by atoms with Crippen LogP contribution >= 0.6 is 0 Å². The van der Waals surface area contributed by atoms with Gasteiger partial charge in [0.2, 0.25) is 11.8 Å². The van der Waals surface area contributed by atoms with E-state index < -0.39 is 0 Å². The third-order valence-electron chi connectivity index (χ3n) is 1.86. The number of azo groups is 1. The van der Waals surface area contributed by atoms with E-state index in [2.05, 4.69) is 41.1 Å². The summed E-state index contributed by atoms with van der Waals surface area (Å²) < 4.78 is 0. The lowest BCUT2D eigenvalue weighted by Gasteiger charge is -1.96. The van der Waals surface area contributed by atoms with E-state index in [-0.39, 0.29) is 17.7 Å². The van der Waals surface area contributed by atoms with Gasteiger partial charge < -0.3 is 11.5 Å². The predicted molar refractivity (Wildman–Crippen MR) is 67.5 cm³/mol. The van der Waals surface area contributed by atoms with Crippen LogP contribution in [0, 0.1) is 0 Å².